The Labute approximate surface area is 146 Å². The van der Waals surface area contributed by atoms with Crippen molar-refractivity contribution < 1.29 is 9.53 Å². The fourth-order valence-corrected chi connectivity index (χ4v) is 4.24. The summed E-state index contributed by atoms with van der Waals surface area (Å²) in [7, 11) is 1.63. The molecule has 22 heavy (non-hydrogen) atoms. The zero-order valence-electron chi connectivity index (χ0n) is 11.8. The summed E-state index contributed by atoms with van der Waals surface area (Å²) in [5.41, 5.74) is 1.91. The van der Waals surface area contributed by atoms with Crippen LogP contribution in [-0.2, 0) is 4.79 Å². The van der Waals surface area contributed by atoms with Crippen molar-refractivity contribution in [3.63, 3.8) is 0 Å². The first-order valence-electron chi connectivity index (χ1n) is 6.63. The summed E-state index contributed by atoms with van der Waals surface area (Å²) in [4.78, 5) is 14.1. The highest BCUT2D eigenvalue weighted by Gasteiger charge is 2.34. The van der Waals surface area contributed by atoms with Gasteiger partial charge in [0.1, 0.15) is 11.1 Å². The summed E-state index contributed by atoms with van der Waals surface area (Å²) >= 11 is 11.0. The van der Waals surface area contributed by atoms with Crippen molar-refractivity contribution in [2.24, 2.45) is 0 Å². The van der Waals surface area contributed by atoms with E-state index < -0.39 is 0 Å². The fourth-order valence-electron chi connectivity index (χ4n) is 2.39. The van der Waals surface area contributed by atoms with Crippen molar-refractivity contribution in [2.45, 2.75) is 5.37 Å². The number of hydrogen-bond donors (Lipinski definition) is 0. The number of halogens is 2. The topological polar surface area (TPSA) is 29.5 Å². The molecule has 1 atom stereocenters. The van der Waals surface area contributed by atoms with Crippen LogP contribution in [0.3, 0.4) is 0 Å². The number of amides is 1. The molecule has 0 radical (unpaired) electrons. The molecule has 1 saturated heterocycles. The average Bonchev–Trinajstić information content (AvgIpc) is 2.90. The maximum absolute atomic E-state index is 12.3. The van der Waals surface area contributed by atoms with Crippen LogP contribution in [-0.4, -0.2) is 18.8 Å². The van der Waals surface area contributed by atoms with Gasteiger partial charge in [-0.15, -0.1) is 11.8 Å². The van der Waals surface area contributed by atoms with E-state index >= 15 is 0 Å². The second kappa shape index (κ2) is 6.52. The smallest absolute Gasteiger partial charge is 0.238 e. The summed E-state index contributed by atoms with van der Waals surface area (Å²) in [6.45, 7) is 0. The van der Waals surface area contributed by atoms with Crippen LogP contribution in [0.15, 0.2) is 46.9 Å². The van der Waals surface area contributed by atoms with Crippen LogP contribution >= 0.6 is 39.3 Å². The minimum absolute atomic E-state index is 0.0455. The average molecular weight is 399 g/mol. The number of hydrogen-bond acceptors (Lipinski definition) is 3. The van der Waals surface area contributed by atoms with E-state index in [0.29, 0.717) is 10.8 Å². The monoisotopic (exact) mass is 397 g/mol. The van der Waals surface area contributed by atoms with Gasteiger partial charge in [0.2, 0.25) is 5.91 Å². The van der Waals surface area contributed by atoms with E-state index in [1.165, 1.54) is 0 Å². The molecular formula is C16H13BrClNO2S. The van der Waals surface area contributed by atoms with Crippen LogP contribution in [0.1, 0.15) is 10.9 Å². The maximum Gasteiger partial charge on any atom is 0.238 e. The maximum atomic E-state index is 12.3. The number of thioether (sulfide) groups is 1. The van der Waals surface area contributed by atoms with E-state index in [1.54, 1.807) is 31.0 Å². The normalized spacial score (nSPS) is 17.9. The van der Waals surface area contributed by atoms with Crippen molar-refractivity contribution in [1.29, 1.82) is 0 Å². The first-order valence-corrected chi connectivity index (χ1v) is 8.85. The molecule has 0 N–H and O–H groups in total. The van der Waals surface area contributed by atoms with E-state index in [2.05, 4.69) is 15.9 Å². The van der Waals surface area contributed by atoms with E-state index in [4.69, 9.17) is 16.3 Å². The van der Waals surface area contributed by atoms with E-state index in [9.17, 15) is 4.79 Å². The van der Waals surface area contributed by atoms with Crippen molar-refractivity contribution in [3.8, 4) is 5.75 Å². The highest BCUT2D eigenvalue weighted by atomic mass is 79.9. The van der Waals surface area contributed by atoms with Gasteiger partial charge in [0.25, 0.3) is 0 Å². The SMILES string of the molecule is COc1ccc([C@@H]2SCC(=O)N2c2ccc(Cl)cc2)cc1Br. The molecule has 3 nitrogen and oxygen atoms in total. The van der Waals surface area contributed by atoms with Crippen LogP contribution in [0.5, 0.6) is 5.75 Å². The van der Waals surface area contributed by atoms with Gasteiger partial charge in [-0.2, -0.15) is 0 Å². The second-order valence-electron chi connectivity index (χ2n) is 4.80. The van der Waals surface area contributed by atoms with Gasteiger partial charge in [0.15, 0.2) is 0 Å². The fraction of sp³-hybridized carbons (Fsp3) is 0.188. The summed E-state index contributed by atoms with van der Waals surface area (Å²) in [5, 5.41) is 0.614. The zero-order chi connectivity index (χ0) is 15.7. The van der Waals surface area contributed by atoms with Crippen molar-refractivity contribution in [1.82, 2.24) is 0 Å². The standard InChI is InChI=1S/C16H13BrClNO2S/c1-21-14-7-2-10(8-13(14)17)16-19(15(20)9-22-16)12-5-3-11(18)4-6-12/h2-8,16H,9H2,1H3/t16-/m0/s1. The van der Waals surface area contributed by atoms with E-state index in [-0.39, 0.29) is 11.3 Å². The number of benzene rings is 2. The second-order valence-corrected chi connectivity index (χ2v) is 7.16. The molecular weight excluding hydrogens is 386 g/mol. The predicted molar refractivity (Wildman–Crippen MR) is 94.8 cm³/mol. The van der Waals surface area contributed by atoms with E-state index in [1.807, 2.05) is 35.2 Å². The molecule has 0 bridgehead atoms. The predicted octanol–water partition coefficient (Wildman–Crippen LogP) is 4.89. The summed E-state index contributed by atoms with van der Waals surface area (Å²) < 4.78 is 6.14. The molecule has 2 aromatic rings. The number of methoxy groups -OCH3 is 1. The number of ether oxygens (including phenoxy) is 1. The van der Waals surface area contributed by atoms with E-state index in [0.717, 1.165) is 21.5 Å². The Bertz CT molecular complexity index is 708. The molecule has 1 aliphatic heterocycles. The number of nitrogens with zero attached hydrogens (tertiary/aromatic N) is 1. The van der Waals surface area contributed by atoms with Gasteiger partial charge in [-0.05, 0) is 57.9 Å². The van der Waals surface area contributed by atoms with Crippen molar-refractivity contribution in [2.75, 3.05) is 17.8 Å². The molecule has 1 fully saturated rings. The molecule has 0 spiro atoms. The lowest BCUT2D eigenvalue weighted by Gasteiger charge is -2.24. The molecule has 6 heteroatoms. The van der Waals surface area contributed by atoms with Crippen LogP contribution in [0, 0.1) is 0 Å². The Morgan fingerprint density at radius 2 is 2.00 bits per heavy atom. The molecule has 0 saturated carbocycles. The van der Waals surface area contributed by atoms with Gasteiger partial charge in [0.05, 0.1) is 17.3 Å². The Balaban J connectivity index is 1.96. The molecule has 1 aliphatic rings. The van der Waals surface area contributed by atoms with Crippen LogP contribution in [0.2, 0.25) is 5.02 Å². The number of anilines is 1. The molecule has 0 unspecified atom stereocenters. The Morgan fingerprint density at radius 3 is 2.64 bits per heavy atom. The van der Waals surface area contributed by atoms with Crippen molar-refractivity contribution >= 4 is 50.9 Å². The van der Waals surface area contributed by atoms with Gasteiger partial charge < -0.3 is 4.74 Å². The molecule has 3 rings (SSSR count). The summed E-state index contributed by atoms with van der Waals surface area (Å²) in [6.07, 6.45) is 0. The van der Waals surface area contributed by atoms with Gasteiger partial charge in [-0.1, -0.05) is 17.7 Å². The molecule has 114 valence electrons. The first kappa shape index (κ1) is 15.7. The highest BCUT2D eigenvalue weighted by Crippen LogP contribution is 2.43. The quantitative estimate of drug-likeness (QED) is 0.737. The molecule has 1 heterocycles. The van der Waals surface area contributed by atoms with Crippen LogP contribution in [0.4, 0.5) is 5.69 Å². The van der Waals surface area contributed by atoms with Crippen LogP contribution < -0.4 is 9.64 Å². The van der Waals surface area contributed by atoms with Gasteiger partial charge in [-0.3, -0.25) is 9.69 Å². The molecule has 2 aromatic carbocycles. The minimum atomic E-state index is -0.0455. The summed E-state index contributed by atoms with van der Waals surface area (Å²) in [6, 6.07) is 13.2. The third-order valence-corrected chi connectivity index (χ3v) is 5.52. The lowest BCUT2D eigenvalue weighted by Crippen LogP contribution is -2.27. The molecule has 0 aromatic heterocycles. The van der Waals surface area contributed by atoms with Crippen molar-refractivity contribution in [3.05, 3.63) is 57.5 Å². The lowest BCUT2D eigenvalue weighted by molar-refractivity contribution is -0.115. The number of carbonyl (C=O) groups excluding carboxylic acids is 1. The number of rotatable bonds is 3. The van der Waals surface area contributed by atoms with Gasteiger partial charge >= 0.3 is 0 Å². The zero-order valence-corrected chi connectivity index (χ0v) is 14.9. The number of carbonyl (C=O) groups is 1. The Kier molecular flexibility index (Phi) is 4.66. The Hall–Kier alpha value is -1.17. The van der Waals surface area contributed by atoms with Gasteiger partial charge in [0, 0.05) is 10.7 Å². The third-order valence-electron chi connectivity index (χ3n) is 3.43. The largest absolute Gasteiger partial charge is 0.496 e. The first-order chi connectivity index (χ1) is 10.6. The molecule has 1 amide bonds. The molecule has 0 aliphatic carbocycles. The Morgan fingerprint density at radius 1 is 1.27 bits per heavy atom. The minimum Gasteiger partial charge on any atom is -0.496 e. The third kappa shape index (κ3) is 2.98. The lowest BCUT2D eigenvalue weighted by atomic mass is 10.2. The van der Waals surface area contributed by atoms with Crippen LogP contribution in [0.25, 0.3) is 0 Å². The summed E-state index contributed by atoms with van der Waals surface area (Å²) in [5.74, 6) is 1.34. The van der Waals surface area contributed by atoms with Gasteiger partial charge in [-0.25, -0.2) is 0 Å². The highest BCUT2D eigenvalue weighted by molar-refractivity contribution is 9.10.